The van der Waals surface area contributed by atoms with Crippen molar-refractivity contribution in [3.8, 4) is 5.75 Å². The minimum absolute atomic E-state index is 0.102. The maximum atomic E-state index is 13.4. The molecule has 0 aliphatic carbocycles. The topological polar surface area (TPSA) is 21.3 Å². The van der Waals surface area contributed by atoms with E-state index in [1.807, 2.05) is 0 Å². The fourth-order valence-corrected chi connectivity index (χ4v) is 1.89. The first-order valence-electron chi connectivity index (χ1n) is 5.19. The van der Waals surface area contributed by atoms with E-state index < -0.39 is 11.6 Å². The fourth-order valence-electron chi connectivity index (χ4n) is 1.70. The van der Waals surface area contributed by atoms with E-state index in [-0.39, 0.29) is 16.9 Å². The summed E-state index contributed by atoms with van der Waals surface area (Å²) in [7, 11) is 0. The van der Waals surface area contributed by atoms with Crippen molar-refractivity contribution in [1.29, 1.82) is 0 Å². The molecule has 0 radical (unpaired) electrons. The summed E-state index contributed by atoms with van der Waals surface area (Å²) < 4.78 is 31.9. The molecule has 1 aromatic carbocycles. The molecule has 0 atom stereocenters. The molecule has 1 aliphatic heterocycles. The maximum Gasteiger partial charge on any atom is 0.176 e. The molecule has 1 aromatic rings. The lowest BCUT2D eigenvalue weighted by Crippen LogP contribution is -2.34. The van der Waals surface area contributed by atoms with Crippen LogP contribution in [0.5, 0.6) is 5.75 Å². The lowest BCUT2D eigenvalue weighted by Gasteiger charge is -2.24. The van der Waals surface area contributed by atoms with Crippen LogP contribution in [0.2, 0.25) is 5.02 Å². The van der Waals surface area contributed by atoms with Crippen molar-refractivity contribution >= 4 is 11.6 Å². The standard InChI is InChI=1S/C11H12ClF2NO/c12-10-8(13)1-2-9(14)11(10)16-7-3-5-15-6-4-7/h1-2,7,15H,3-6H2. The predicted octanol–water partition coefficient (Wildman–Crippen LogP) is 2.75. The lowest BCUT2D eigenvalue weighted by molar-refractivity contribution is 0.155. The van der Waals surface area contributed by atoms with Crippen LogP contribution in [0.15, 0.2) is 12.1 Å². The molecule has 5 heteroatoms. The van der Waals surface area contributed by atoms with E-state index in [0.717, 1.165) is 38.1 Å². The second-order valence-corrected chi connectivity index (χ2v) is 4.12. The number of piperidine rings is 1. The van der Waals surface area contributed by atoms with Crippen molar-refractivity contribution < 1.29 is 13.5 Å². The minimum Gasteiger partial charge on any atom is -0.486 e. The van der Waals surface area contributed by atoms with Crippen LogP contribution in [-0.2, 0) is 0 Å². The summed E-state index contributed by atoms with van der Waals surface area (Å²) in [5.41, 5.74) is 0. The van der Waals surface area contributed by atoms with E-state index in [9.17, 15) is 8.78 Å². The Labute approximate surface area is 97.5 Å². The monoisotopic (exact) mass is 247 g/mol. The molecule has 0 bridgehead atoms. The van der Waals surface area contributed by atoms with Gasteiger partial charge >= 0.3 is 0 Å². The summed E-state index contributed by atoms with van der Waals surface area (Å²) in [6, 6.07) is 2.02. The van der Waals surface area contributed by atoms with E-state index in [1.165, 1.54) is 0 Å². The summed E-state index contributed by atoms with van der Waals surface area (Å²) in [4.78, 5) is 0. The maximum absolute atomic E-state index is 13.4. The van der Waals surface area contributed by atoms with Gasteiger partial charge in [0.25, 0.3) is 0 Å². The largest absolute Gasteiger partial charge is 0.486 e. The van der Waals surface area contributed by atoms with E-state index >= 15 is 0 Å². The number of halogens is 3. The van der Waals surface area contributed by atoms with Gasteiger partial charge in [-0.05, 0) is 38.1 Å². The van der Waals surface area contributed by atoms with Crippen LogP contribution in [0.1, 0.15) is 12.8 Å². The van der Waals surface area contributed by atoms with Gasteiger partial charge in [0.05, 0.1) is 0 Å². The molecule has 1 heterocycles. The predicted molar refractivity (Wildman–Crippen MR) is 57.9 cm³/mol. The Morgan fingerprint density at radius 3 is 2.50 bits per heavy atom. The van der Waals surface area contributed by atoms with Crippen molar-refractivity contribution in [1.82, 2.24) is 5.32 Å². The molecule has 2 nitrogen and oxygen atoms in total. The van der Waals surface area contributed by atoms with Gasteiger partial charge in [-0.2, -0.15) is 0 Å². The normalized spacial score (nSPS) is 17.4. The summed E-state index contributed by atoms with van der Waals surface area (Å²) >= 11 is 5.66. The molecule has 1 saturated heterocycles. The molecule has 0 saturated carbocycles. The fraction of sp³-hybridized carbons (Fsp3) is 0.455. The van der Waals surface area contributed by atoms with Crippen LogP contribution in [-0.4, -0.2) is 19.2 Å². The van der Waals surface area contributed by atoms with Gasteiger partial charge in [-0.25, -0.2) is 8.78 Å². The minimum atomic E-state index is -0.660. The summed E-state index contributed by atoms with van der Waals surface area (Å²) in [6.45, 7) is 1.64. The Morgan fingerprint density at radius 2 is 1.81 bits per heavy atom. The van der Waals surface area contributed by atoms with Gasteiger partial charge in [0.2, 0.25) is 0 Å². The van der Waals surface area contributed by atoms with E-state index in [1.54, 1.807) is 0 Å². The number of ether oxygens (including phenoxy) is 1. The first-order valence-corrected chi connectivity index (χ1v) is 5.57. The molecule has 88 valence electrons. The van der Waals surface area contributed by atoms with Gasteiger partial charge in [0.1, 0.15) is 16.9 Å². The first kappa shape index (κ1) is 11.6. The van der Waals surface area contributed by atoms with Crippen LogP contribution in [0.4, 0.5) is 8.78 Å². The molecule has 2 rings (SSSR count). The molecular formula is C11H12ClF2NO. The second kappa shape index (κ2) is 4.97. The van der Waals surface area contributed by atoms with Crippen LogP contribution in [0, 0.1) is 11.6 Å². The number of rotatable bonds is 2. The molecule has 0 spiro atoms. The van der Waals surface area contributed by atoms with Crippen LogP contribution >= 0.6 is 11.6 Å². The zero-order chi connectivity index (χ0) is 11.5. The molecule has 0 amide bonds. The van der Waals surface area contributed by atoms with Crippen molar-refractivity contribution in [2.24, 2.45) is 0 Å². The average Bonchev–Trinajstić information content (AvgIpc) is 2.31. The number of hydrogen-bond donors (Lipinski definition) is 1. The van der Waals surface area contributed by atoms with Crippen LogP contribution < -0.4 is 10.1 Å². The van der Waals surface area contributed by atoms with Gasteiger partial charge in [-0.1, -0.05) is 11.6 Å². The Kier molecular flexibility index (Phi) is 3.61. The SMILES string of the molecule is Fc1ccc(F)c(OC2CCNCC2)c1Cl. The van der Waals surface area contributed by atoms with Crippen LogP contribution in [0.3, 0.4) is 0 Å². The van der Waals surface area contributed by atoms with E-state index in [4.69, 9.17) is 16.3 Å². The van der Waals surface area contributed by atoms with E-state index in [2.05, 4.69) is 5.32 Å². The van der Waals surface area contributed by atoms with Crippen molar-refractivity contribution in [3.63, 3.8) is 0 Å². The lowest BCUT2D eigenvalue weighted by atomic mass is 10.1. The Hall–Kier alpha value is -0.870. The third-order valence-corrected chi connectivity index (χ3v) is 2.92. The van der Waals surface area contributed by atoms with E-state index in [0.29, 0.717) is 0 Å². The highest BCUT2D eigenvalue weighted by atomic mass is 35.5. The Balaban J connectivity index is 2.16. The first-order chi connectivity index (χ1) is 7.68. The third-order valence-electron chi connectivity index (χ3n) is 2.57. The van der Waals surface area contributed by atoms with Crippen molar-refractivity contribution in [2.45, 2.75) is 18.9 Å². The average molecular weight is 248 g/mol. The zero-order valence-electron chi connectivity index (χ0n) is 8.60. The van der Waals surface area contributed by atoms with Crippen LogP contribution in [0.25, 0.3) is 0 Å². The molecule has 16 heavy (non-hydrogen) atoms. The molecule has 1 N–H and O–H groups in total. The highest BCUT2D eigenvalue weighted by Gasteiger charge is 2.20. The highest BCUT2D eigenvalue weighted by molar-refractivity contribution is 6.32. The van der Waals surface area contributed by atoms with Gasteiger partial charge in [0.15, 0.2) is 11.6 Å². The zero-order valence-corrected chi connectivity index (χ0v) is 9.36. The van der Waals surface area contributed by atoms with Gasteiger partial charge < -0.3 is 10.1 Å². The molecule has 1 aliphatic rings. The van der Waals surface area contributed by atoms with Gasteiger partial charge in [-0.15, -0.1) is 0 Å². The molecule has 0 unspecified atom stereocenters. The quantitative estimate of drug-likeness (QED) is 0.812. The van der Waals surface area contributed by atoms with Crippen molar-refractivity contribution in [2.75, 3.05) is 13.1 Å². The molecule has 1 fully saturated rings. The third kappa shape index (κ3) is 2.44. The summed E-state index contributed by atoms with van der Waals surface area (Å²) in [5.74, 6) is -1.45. The molecular weight excluding hydrogens is 236 g/mol. The number of nitrogens with one attached hydrogen (secondary N) is 1. The Bertz CT molecular complexity index is 380. The summed E-state index contributed by atoms with van der Waals surface area (Å²) in [6.07, 6.45) is 1.44. The smallest absolute Gasteiger partial charge is 0.176 e. The highest BCUT2D eigenvalue weighted by Crippen LogP contribution is 2.31. The second-order valence-electron chi connectivity index (χ2n) is 3.74. The summed E-state index contributed by atoms with van der Waals surface area (Å²) in [5, 5.41) is 2.88. The number of benzene rings is 1. The Morgan fingerprint density at radius 1 is 1.19 bits per heavy atom. The van der Waals surface area contributed by atoms with Crippen molar-refractivity contribution in [3.05, 3.63) is 28.8 Å². The van der Waals surface area contributed by atoms with Gasteiger partial charge in [-0.3, -0.25) is 0 Å². The number of hydrogen-bond acceptors (Lipinski definition) is 2. The molecule has 0 aromatic heterocycles. The van der Waals surface area contributed by atoms with Gasteiger partial charge in [0, 0.05) is 0 Å².